The van der Waals surface area contributed by atoms with Crippen molar-refractivity contribution in [2.45, 2.75) is 49.0 Å². The molecule has 0 amide bonds. The highest BCUT2D eigenvalue weighted by molar-refractivity contribution is 9.11. The Morgan fingerprint density at radius 3 is 2.41 bits per heavy atom. The Kier molecular flexibility index (Phi) is 7.23. The van der Waals surface area contributed by atoms with Crippen LogP contribution in [0, 0.1) is 5.92 Å². The first-order valence-electron chi connectivity index (χ1n) is 9.78. The van der Waals surface area contributed by atoms with Crippen molar-refractivity contribution in [2.75, 3.05) is 20.1 Å². The van der Waals surface area contributed by atoms with Crippen LogP contribution in [0.5, 0.6) is 0 Å². The zero-order valence-electron chi connectivity index (χ0n) is 17.1. The monoisotopic (exact) mass is 500 g/mol. The third-order valence-corrected chi connectivity index (χ3v) is 9.35. The largest absolute Gasteiger partial charge is 0.390 e. The number of aliphatic hydroxyl groups is 1. The third kappa shape index (κ3) is 5.89. The van der Waals surface area contributed by atoms with Gasteiger partial charge in [0.1, 0.15) is 4.21 Å². The van der Waals surface area contributed by atoms with E-state index in [0.717, 1.165) is 23.0 Å². The minimum atomic E-state index is -3.58. The van der Waals surface area contributed by atoms with Crippen LogP contribution in [0.2, 0.25) is 0 Å². The summed E-state index contributed by atoms with van der Waals surface area (Å²) in [6.07, 6.45) is 2.42. The molecular formula is C21H29BrN2O3S2. The van der Waals surface area contributed by atoms with E-state index in [1.54, 1.807) is 12.1 Å². The van der Waals surface area contributed by atoms with Gasteiger partial charge in [-0.1, -0.05) is 24.3 Å². The van der Waals surface area contributed by atoms with E-state index in [1.165, 1.54) is 33.8 Å². The standard InChI is InChI=1S/C21H29BrN2O3S2/c1-21(2,12-15-10-16-6-4-5-7-17(16)11-15)23-13-18(25)14-24(3)29(26,27)20-9-8-19(22)28-20/h4-9,15,18,23,25H,10-14H2,1-3H3. The van der Waals surface area contributed by atoms with Crippen molar-refractivity contribution >= 4 is 37.3 Å². The summed E-state index contributed by atoms with van der Waals surface area (Å²) in [5, 5.41) is 13.9. The van der Waals surface area contributed by atoms with Gasteiger partial charge in [0.05, 0.1) is 9.89 Å². The van der Waals surface area contributed by atoms with Gasteiger partial charge >= 0.3 is 0 Å². The topological polar surface area (TPSA) is 69.6 Å². The quantitative estimate of drug-likeness (QED) is 0.550. The number of nitrogens with zero attached hydrogens (tertiary/aromatic N) is 1. The van der Waals surface area contributed by atoms with E-state index in [0.29, 0.717) is 12.5 Å². The average Bonchev–Trinajstić information content (AvgIpc) is 3.25. The maximum Gasteiger partial charge on any atom is 0.252 e. The summed E-state index contributed by atoms with van der Waals surface area (Å²) in [5.41, 5.74) is 2.75. The molecule has 8 heteroatoms. The SMILES string of the molecule is CN(CC(O)CNC(C)(C)CC1Cc2ccccc2C1)S(=O)(=O)c1ccc(Br)s1. The molecule has 1 heterocycles. The number of benzene rings is 1. The van der Waals surface area contributed by atoms with Crippen molar-refractivity contribution in [3.63, 3.8) is 0 Å². The molecule has 1 unspecified atom stereocenters. The Bertz CT molecular complexity index is 918. The fourth-order valence-corrected chi connectivity index (χ4v) is 7.46. The maximum atomic E-state index is 12.6. The molecule has 160 valence electrons. The van der Waals surface area contributed by atoms with E-state index in [9.17, 15) is 13.5 Å². The number of hydrogen-bond donors (Lipinski definition) is 2. The van der Waals surface area contributed by atoms with E-state index < -0.39 is 16.1 Å². The second-order valence-corrected chi connectivity index (χ2v) is 13.2. The van der Waals surface area contributed by atoms with Crippen LogP contribution in [0.4, 0.5) is 0 Å². The first kappa shape index (κ1) is 22.9. The number of rotatable bonds is 9. The molecule has 0 saturated carbocycles. The summed E-state index contributed by atoms with van der Waals surface area (Å²) in [5.74, 6) is 0.590. The number of hydrogen-bond acceptors (Lipinski definition) is 5. The summed E-state index contributed by atoms with van der Waals surface area (Å²) in [6, 6.07) is 11.9. The van der Waals surface area contributed by atoms with Crippen LogP contribution >= 0.6 is 27.3 Å². The predicted molar refractivity (Wildman–Crippen MR) is 122 cm³/mol. The van der Waals surface area contributed by atoms with Crippen molar-refractivity contribution in [1.82, 2.24) is 9.62 Å². The van der Waals surface area contributed by atoms with E-state index in [2.05, 4.69) is 59.4 Å². The lowest BCUT2D eigenvalue weighted by Crippen LogP contribution is -2.47. The Labute approximate surface area is 186 Å². The van der Waals surface area contributed by atoms with E-state index in [1.807, 2.05) is 0 Å². The number of nitrogens with one attached hydrogen (secondary N) is 1. The summed E-state index contributed by atoms with van der Waals surface area (Å²) in [6.45, 7) is 4.69. The zero-order chi connectivity index (χ0) is 21.2. The molecule has 5 nitrogen and oxygen atoms in total. The fourth-order valence-electron chi connectivity index (χ4n) is 4.03. The molecule has 0 fully saturated rings. The van der Waals surface area contributed by atoms with E-state index in [-0.39, 0.29) is 16.3 Å². The molecule has 2 N–H and O–H groups in total. The number of likely N-dealkylation sites (N-methyl/N-ethyl adjacent to an activating group) is 1. The summed E-state index contributed by atoms with van der Waals surface area (Å²) >= 11 is 4.46. The lowest BCUT2D eigenvalue weighted by atomic mass is 9.88. The van der Waals surface area contributed by atoms with Gasteiger partial charge in [0.15, 0.2) is 0 Å². The highest BCUT2D eigenvalue weighted by Gasteiger charge is 2.29. The van der Waals surface area contributed by atoms with Crippen LogP contribution in [0.25, 0.3) is 0 Å². The minimum Gasteiger partial charge on any atom is -0.390 e. The number of β-amino-alcohol motifs (C(OH)–C–C–N with tert-alkyl or cyclic N) is 1. The van der Waals surface area contributed by atoms with Crippen LogP contribution in [-0.4, -0.2) is 49.6 Å². The molecule has 0 bridgehead atoms. The molecule has 1 aromatic carbocycles. The molecule has 1 aromatic heterocycles. The lowest BCUT2D eigenvalue weighted by molar-refractivity contribution is 0.135. The molecule has 0 aliphatic heterocycles. The second-order valence-electron chi connectivity index (χ2n) is 8.51. The van der Waals surface area contributed by atoms with Gasteiger partial charge in [-0.15, -0.1) is 11.3 Å². The summed E-state index contributed by atoms with van der Waals surface area (Å²) in [4.78, 5) is 0. The minimum absolute atomic E-state index is 0.0514. The van der Waals surface area contributed by atoms with Gasteiger partial charge in [-0.05, 0) is 78.2 Å². The molecule has 1 aliphatic rings. The Morgan fingerprint density at radius 1 is 1.24 bits per heavy atom. The molecule has 1 atom stereocenters. The van der Waals surface area contributed by atoms with Crippen LogP contribution in [0.3, 0.4) is 0 Å². The summed E-state index contributed by atoms with van der Waals surface area (Å²) in [7, 11) is -2.08. The van der Waals surface area contributed by atoms with Crippen LogP contribution in [-0.2, 0) is 22.9 Å². The molecule has 0 saturated heterocycles. The van der Waals surface area contributed by atoms with Crippen molar-refractivity contribution in [3.8, 4) is 0 Å². The Hall–Kier alpha value is -0.770. The Morgan fingerprint density at radius 2 is 1.86 bits per heavy atom. The molecule has 2 aromatic rings. The number of halogens is 1. The zero-order valence-corrected chi connectivity index (χ0v) is 20.3. The smallest absolute Gasteiger partial charge is 0.252 e. The van der Waals surface area contributed by atoms with Gasteiger partial charge in [-0.3, -0.25) is 0 Å². The third-order valence-electron chi connectivity index (χ3n) is 5.43. The van der Waals surface area contributed by atoms with E-state index in [4.69, 9.17) is 0 Å². The molecular weight excluding hydrogens is 472 g/mol. The van der Waals surface area contributed by atoms with Gasteiger partial charge in [-0.25, -0.2) is 8.42 Å². The lowest BCUT2D eigenvalue weighted by Gasteiger charge is -2.31. The number of thiophene rings is 1. The number of aliphatic hydroxyl groups excluding tert-OH is 1. The molecule has 3 rings (SSSR count). The van der Waals surface area contributed by atoms with Crippen molar-refractivity contribution in [2.24, 2.45) is 5.92 Å². The van der Waals surface area contributed by atoms with Gasteiger partial charge < -0.3 is 10.4 Å². The molecule has 0 radical (unpaired) electrons. The summed E-state index contributed by atoms with van der Waals surface area (Å²) < 4.78 is 27.5. The maximum absolute atomic E-state index is 12.6. The highest BCUT2D eigenvalue weighted by atomic mass is 79.9. The first-order valence-corrected chi connectivity index (χ1v) is 12.8. The Balaban J connectivity index is 1.48. The van der Waals surface area contributed by atoms with Crippen molar-refractivity contribution in [1.29, 1.82) is 0 Å². The van der Waals surface area contributed by atoms with Crippen molar-refractivity contribution < 1.29 is 13.5 Å². The predicted octanol–water partition coefficient (Wildman–Crippen LogP) is 3.67. The van der Waals surface area contributed by atoms with Gasteiger partial charge in [0.25, 0.3) is 10.0 Å². The van der Waals surface area contributed by atoms with Gasteiger partial charge in [0, 0.05) is 25.7 Å². The van der Waals surface area contributed by atoms with Crippen LogP contribution in [0.15, 0.2) is 44.4 Å². The van der Waals surface area contributed by atoms with Crippen LogP contribution in [0.1, 0.15) is 31.4 Å². The first-order chi connectivity index (χ1) is 13.6. The fraction of sp³-hybridized carbons (Fsp3) is 0.524. The average molecular weight is 502 g/mol. The second kappa shape index (κ2) is 9.16. The van der Waals surface area contributed by atoms with Crippen molar-refractivity contribution in [3.05, 3.63) is 51.3 Å². The molecule has 29 heavy (non-hydrogen) atoms. The van der Waals surface area contributed by atoms with Gasteiger partial charge in [-0.2, -0.15) is 4.31 Å². The van der Waals surface area contributed by atoms with E-state index >= 15 is 0 Å². The van der Waals surface area contributed by atoms with Crippen LogP contribution < -0.4 is 5.32 Å². The normalized spacial score (nSPS) is 16.3. The highest BCUT2D eigenvalue weighted by Crippen LogP contribution is 2.32. The number of sulfonamides is 1. The number of fused-ring (bicyclic) bond motifs is 1. The van der Waals surface area contributed by atoms with Gasteiger partial charge in [0.2, 0.25) is 0 Å². The molecule has 1 aliphatic carbocycles. The molecule has 0 spiro atoms.